The lowest BCUT2D eigenvalue weighted by Gasteiger charge is -2.13. The molecule has 1 heterocycles. The van der Waals surface area contributed by atoms with Gasteiger partial charge in [0.1, 0.15) is 11.5 Å². The van der Waals surface area contributed by atoms with Gasteiger partial charge in [-0.25, -0.2) is 0 Å². The molecule has 0 saturated heterocycles. The fraction of sp³-hybridized carbons (Fsp3) is 0.273. The quantitative estimate of drug-likeness (QED) is 0.415. The fourth-order valence-corrected chi connectivity index (χ4v) is 2.80. The van der Waals surface area contributed by atoms with Gasteiger partial charge in [0.05, 0.1) is 32.8 Å². The van der Waals surface area contributed by atoms with Crippen molar-refractivity contribution >= 4 is 17.8 Å². The lowest BCUT2D eigenvalue weighted by atomic mass is 10.1. The summed E-state index contributed by atoms with van der Waals surface area (Å²) in [6, 6.07) is 8.11. The van der Waals surface area contributed by atoms with E-state index in [0.29, 0.717) is 39.9 Å². The lowest BCUT2D eigenvalue weighted by molar-refractivity contribution is -0.137. The molecule has 0 spiro atoms. The van der Waals surface area contributed by atoms with E-state index in [9.17, 15) is 9.59 Å². The maximum absolute atomic E-state index is 12.7. The average Bonchev–Trinajstić information content (AvgIpc) is 3.01. The minimum Gasteiger partial charge on any atom is -0.493 e. The second-order valence-electron chi connectivity index (χ2n) is 6.63. The number of carbonyl (C=O) groups excluding carboxylic acids is 2. The number of allylic oxidation sites excluding steroid dienone is 1. The summed E-state index contributed by atoms with van der Waals surface area (Å²) in [6.45, 7) is 3.49. The van der Waals surface area contributed by atoms with Gasteiger partial charge in [-0.15, -0.1) is 0 Å². The SMILES string of the molecule is COc1cc(C=C2Oc3cc(OC(=O)C(C)C)ccc3C2=O)cc(OC)c1OC. The number of benzene rings is 2. The van der Waals surface area contributed by atoms with E-state index >= 15 is 0 Å². The Morgan fingerprint density at radius 3 is 2.21 bits per heavy atom. The van der Waals surface area contributed by atoms with Crippen LogP contribution in [0.5, 0.6) is 28.7 Å². The number of ether oxygens (including phenoxy) is 5. The van der Waals surface area contributed by atoms with Crippen molar-refractivity contribution < 1.29 is 33.3 Å². The van der Waals surface area contributed by atoms with Gasteiger partial charge in [0.2, 0.25) is 11.5 Å². The molecule has 1 aliphatic heterocycles. The van der Waals surface area contributed by atoms with Gasteiger partial charge in [0.15, 0.2) is 17.3 Å². The third-order valence-electron chi connectivity index (χ3n) is 4.32. The Morgan fingerprint density at radius 1 is 1.00 bits per heavy atom. The van der Waals surface area contributed by atoms with Gasteiger partial charge in [-0.05, 0) is 35.9 Å². The van der Waals surface area contributed by atoms with Crippen LogP contribution in [0.2, 0.25) is 0 Å². The Balaban J connectivity index is 1.91. The first-order valence-corrected chi connectivity index (χ1v) is 8.98. The highest BCUT2D eigenvalue weighted by atomic mass is 16.5. The van der Waals surface area contributed by atoms with Crippen molar-refractivity contribution in [2.24, 2.45) is 5.92 Å². The molecule has 2 aromatic carbocycles. The molecule has 0 aromatic heterocycles. The highest BCUT2D eigenvalue weighted by molar-refractivity contribution is 6.14. The topological polar surface area (TPSA) is 80.3 Å². The Labute approximate surface area is 168 Å². The molecule has 0 bridgehead atoms. The minimum atomic E-state index is -0.359. The molecule has 0 amide bonds. The highest BCUT2D eigenvalue weighted by Crippen LogP contribution is 2.40. The van der Waals surface area contributed by atoms with Crippen LogP contribution in [0.25, 0.3) is 6.08 Å². The van der Waals surface area contributed by atoms with Crippen LogP contribution in [0.1, 0.15) is 29.8 Å². The van der Waals surface area contributed by atoms with Crippen molar-refractivity contribution in [3.05, 3.63) is 47.2 Å². The van der Waals surface area contributed by atoms with Gasteiger partial charge in [0, 0.05) is 6.07 Å². The Morgan fingerprint density at radius 2 is 1.66 bits per heavy atom. The largest absolute Gasteiger partial charge is 0.493 e. The van der Waals surface area contributed by atoms with E-state index in [0.717, 1.165) is 0 Å². The minimum absolute atomic E-state index is 0.140. The second kappa shape index (κ2) is 8.26. The summed E-state index contributed by atoms with van der Waals surface area (Å²) in [5.41, 5.74) is 1.04. The van der Waals surface area contributed by atoms with E-state index in [4.69, 9.17) is 23.7 Å². The number of esters is 1. The molecular formula is C22H22O7. The fourth-order valence-electron chi connectivity index (χ4n) is 2.80. The molecule has 2 aromatic rings. The van der Waals surface area contributed by atoms with Crippen LogP contribution < -0.4 is 23.7 Å². The Hall–Kier alpha value is -3.48. The van der Waals surface area contributed by atoms with E-state index < -0.39 is 0 Å². The van der Waals surface area contributed by atoms with E-state index in [1.807, 2.05) is 0 Å². The molecular weight excluding hydrogens is 376 g/mol. The van der Waals surface area contributed by atoms with Crippen molar-refractivity contribution in [2.45, 2.75) is 13.8 Å². The monoisotopic (exact) mass is 398 g/mol. The van der Waals surface area contributed by atoms with Crippen LogP contribution in [0.3, 0.4) is 0 Å². The molecule has 0 atom stereocenters. The number of hydrogen-bond acceptors (Lipinski definition) is 7. The predicted molar refractivity (Wildman–Crippen MR) is 106 cm³/mol. The first-order valence-electron chi connectivity index (χ1n) is 8.98. The molecule has 0 fully saturated rings. The first kappa shape index (κ1) is 20.3. The van der Waals surface area contributed by atoms with Crippen LogP contribution in [-0.4, -0.2) is 33.1 Å². The molecule has 7 heteroatoms. The van der Waals surface area contributed by atoms with Crippen LogP contribution in [0.15, 0.2) is 36.1 Å². The van der Waals surface area contributed by atoms with E-state index in [1.165, 1.54) is 27.4 Å². The Bertz CT molecular complexity index is 964. The van der Waals surface area contributed by atoms with E-state index in [-0.39, 0.29) is 23.4 Å². The number of fused-ring (bicyclic) bond motifs is 1. The first-order chi connectivity index (χ1) is 13.9. The molecule has 1 aliphatic rings. The summed E-state index contributed by atoms with van der Waals surface area (Å²) < 4.78 is 27.0. The van der Waals surface area contributed by atoms with E-state index in [1.54, 1.807) is 44.2 Å². The van der Waals surface area contributed by atoms with Crippen LogP contribution >= 0.6 is 0 Å². The highest BCUT2D eigenvalue weighted by Gasteiger charge is 2.28. The second-order valence-corrected chi connectivity index (χ2v) is 6.63. The number of ketones is 1. The summed E-state index contributed by atoms with van der Waals surface area (Å²) in [5, 5.41) is 0. The zero-order valence-corrected chi connectivity index (χ0v) is 16.9. The molecule has 0 radical (unpaired) electrons. The van der Waals surface area contributed by atoms with Crippen LogP contribution in [-0.2, 0) is 4.79 Å². The number of hydrogen-bond donors (Lipinski definition) is 0. The lowest BCUT2D eigenvalue weighted by Crippen LogP contribution is -2.14. The molecule has 29 heavy (non-hydrogen) atoms. The van der Waals surface area contributed by atoms with Gasteiger partial charge in [-0.3, -0.25) is 9.59 Å². The number of Topliss-reactive ketones (excluding diaryl/α,β-unsaturated/α-hetero) is 1. The van der Waals surface area contributed by atoms with Gasteiger partial charge in [-0.2, -0.15) is 0 Å². The van der Waals surface area contributed by atoms with Gasteiger partial charge < -0.3 is 23.7 Å². The normalized spacial score (nSPS) is 13.9. The van der Waals surface area contributed by atoms with Crippen molar-refractivity contribution in [3.63, 3.8) is 0 Å². The molecule has 152 valence electrons. The van der Waals surface area contributed by atoms with Crippen LogP contribution in [0.4, 0.5) is 0 Å². The summed E-state index contributed by atoms with van der Waals surface area (Å²) in [7, 11) is 4.55. The molecule has 0 N–H and O–H groups in total. The maximum Gasteiger partial charge on any atom is 0.313 e. The zero-order chi connectivity index (χ0) is 21.1. The van der Waals surface area contributed by atoms with Crippen molar-refractivity contribution in [1.82, 2.24) is 0 Å². The Kier molecular flexibility index (Phi) is 5.77. The molecule has 3 rings (SSSR count). The van der Waals surface area contributed by atoms with E-state index in [2.05, 4.69) is 0 Å². The van der Waals surface area contributed by atoms with Crippen LogP contribution in [0, 0.1) is 5.92 Å². The number of methoxy groups -OCH3 is 3. The average molecular weight is 398 g/mol. The smallest absolute Gasteiger partial charge is 0.313 e. The third-order valence-corrected chi connectivity index (χ3v) is 4.32. The summed E-state index contributed by atoms with van der Waals surface area (Å²) in [5.74, 6) is 1.29. The van der Waals surface area contributed by atoms with Crippen molar-refractivity contribution in [3.8, 4) is 28.7 Å². The van der Waals surface area contributed by atoms with Gasteiger partial charge >= 0.3 is 5.97 Å². The van der Waals surface area contributed by atoms with Crippen molar-refractivity contribution in [1.29, 1.82) is 0 Å². The number of rotatable bonds is 6. The molecule has 7 nitrogen and oxygen atoms in total. The predicted octanol–water partition coefficient (Wildman–Crippen LogP) is 3.89. The molecule has 0 unspecified atom stereocenters. The van der Waals surface area contributed by atoms with Gasteiger partial charge in [0.25, 0.3) is 0 Å². The zero-order valence-electron chi connectivity index (χ0n) is 16.9. The maximum atomic E-state index is 12.7. The summed E-state index contributed by atoms with van der Waals surface area (Å²) >= 11 is 0. The van der Waals surface area contributed by atoms with Crippen molar-refractivity contribution in [2.75, 3.05) is 21.3 Å². The standard InChI is InChI=1S/C22H22O7/c1-12(2)22(24)28-14-6-7-15-16(11-14)29-17(20(15)23)8-13-9-18(25-3)21(27-5)19(10-13)26-4/h6-12H,1-5H3. The number of carbonyl (C=O) groups is 2. The molecule has 0 aliphatic carbocycles. The molecule has 0 saturated carbocycles. The third kappa shape index (κ3) is 4.03. The summed E-state index contributed by atoms with van der Waals surface area (Å²) in [6.07, 6.45) is 1.59. The summed E-state index contributed by atoms with van der Waals surface area (Å²) in [4.78, 5) is 24.5. The van der Waals surface area contributed by atoms with Gasteiger partial charge in [-0.1, -0.05) is 13.8 Å².